The Morgan fingerprint density at radius 2 is 0.530 bits per heavy atom. The van der Waals surface area contributed by atoms with Crippen molar-refractivity contribution < 1.29 is 182 Å². The van der Waals surface area contributed by atoms with Crippen LogP contribution in [0, 0.1) is 0 Å². The van der Waals surface area contributed by atoms with E-state index in [2.05, 4.69) is 37.2 Å². The van der Waals surface area contributed by atoms with Gasteiger partial charge in [0.05, 0.1) is 46.2 Å². The number of hydrogen-bond donors (Lipinski definition) is 24. The Morgan fingerprint density at radius 3 is 0.810 bits per heavy atom. The largest absolute Gasteiger partial charge is 0.394 e. The first-order valence-electron chi connectivity index (χ1n) is 31.7. The summed E-state index contributed by atoms with van der Waals surface area (Å²) < 4.78 is 78.4. The quantitative estimate of drug-likeness (QED) is 0.0358. The lowest BCUT2D eigenvalue weighted by atomic mass is 9.91. The van der Waals surface area contributed by atoms with Crippen molar-refractivity contribution in [1.82, 2.24) is 37.2 Å². The second-order valence-electron chi connectivity index (χ2n) is 24.9. The first-order chi connectivity index (χ1) is 47.1. The van der Waals surface area contributed by atoms with Crippen LogP contribution in [-0.4, -0.2) is 389 Å². The van der Waals surface area contributed by atoms with Crippen molar-refractivity contribution in [2.45, 2.75) is 263 Å². The summed E-state index contributed by atoms with van der Waals surface area (Å²) in [7, 11) is 0. The van der Waals surface area contributed by atoms with Gasteiger partial charge in [-0.3, -0.25) is 33.6 Å². The van der Waals surface area contributed by atoms with Gasteiger partial charge in [0.2, 0.25) is 41.4 Å². The van der Waals surface area contributed by atoms with Crippen LogP contribution in [0.15, 0.2) is 0 Å². The average molecular weight is 1460 g/mol. The number of amides is 7. The van der Waals surface area contributed by atoms with Gasteiger partial charge in [0.25, 0.3) is 0 Å². The summed E-state index contributed by atoms with van der Waals surface area (Å²) in [5.74, 6) is -9.64. The number of nitrogens with one attached hydrogen (secondary N) is 7. The van der Waals surface area contributed by atoms with Crippen LogP contribution < -0.4 is 37.2 Å². The smallest absolute Gasteiger partial charge is 0.308 e. The molecule has 44 heteroatoms. The molecule has 0 aliphatic carbocycles. The lowest BCUT2D eigenvalue weighted by Gasteiger charge is -2.56. The minimum Gasteiger partial charge on any atom is -0.394 e. The van der Waals surface area contributed by atoms with Gasteiger partial charge < -0.3 is 186 Å². The number of carbonyl (C=O) groups is 7. The molecular formula is C56H93N7O37. The lowest BCUT2D eigenvalue weighted by molar-refractivity contribution is -0.487. The monoisotopic (exact) mass is 1460 g/mol. The van der Waals surface area contributed by atoms with E-state index in [4.69, 9.17) is 61.6 Å². The number of aliphatic hydroxyl groups excluding tert-OH is 17. The fourth-order valence-electron chi connectivity index (χ4n) is 12.9. The van der Waals surface area contributed by atoms with Crippen LogP contribution in [0.2, 0.25) is 0 Å². The van der Waals surface area contributed by atoms with Crippen molar-refractivity contribution in [3.8, 4) is 0 Å². The highest BCUT2D eigenvalue weighted by molar-refractivity contribution is 5.75. The molecule has 0 saturated carbocycles. The van der Waals surface area contributed by atoms with Gasteiger partial charge in [0.1, 0.15) is 170 Å². The van der Waals surface area contributed by atoms with E-state index in [0.29, 0.717) is 0 Å². The van der Waals surface area contributed by atoms with Crippen LogP contribution >= 0.6 is 0 Å². The zero-order chi connectivity index (χ0) is 74.3. The van der Waals surface area contributed by atoms with Gasteiger partial charge in [0.15, 0.2) is 37.7 Å². The van der Waals surface area contributed by atoms with E-state index >= 15 is 0 Å². The van der Waals surface area contributed by atoms with Crippen molar-refractivity contribution in [2.24, 2.45) is 0 Å². The summed E-state index contributed by atoms with van der Waals surface area (Å²) in [5.41, 5.74) is 0. The normalized spacial score (nSPS) is 44.6. The highest BCUT2D eigenvalue weighted by atomic mass is 16.9. The molecule has 0 radical (unpaired) electrons. The van der Waals surface area contributed by atoms with Crippen LogP contribution in [-0.2, 0) is 95.1 Å². The molecule has 7 rings (SSSR count). The molecule has 7 aliphatic rings. The molecule has 7 aliphatic heterocycles. The molecule has 7 saturated heterocycles. The number of ether oxygens (including phenoxy) is 13. The topological polar surface area (TPSA) is 668 Å². The molecule has 44 nitrogen and oxygen atoms in total. The zero-order valence-electron chi connectivity index (χ0n) is 54.8. The number of aliphatic hydroxyl groups is 17. The Morgan fingerprint density at radius 1 is 0.290 bits per heavy atom. The fraction of sp³-hybridized carbons (Fsp3) is 0.875. The Balaban J connectivity index is 1.19. The zero-order valence-corrected chi connectivity index (χ0v) is 54.8. The Hall–Kier alpha value is -4.91. The van der Waals surface area contributed by atoms with E-state index in [-0.39, 0.29) is 0 Å². The van der Waals surface area contributed by atoms with Crippen LogP contribution in [0.4, 0.5) is 0 Å². The minimum absolute atomic E-state index is 0.754. The lowest BCUT2D eigenvalue weighted by Crippen LogP contribution is -2.77. The molecule has 35 atom stereocenters. The molecule has 24 N–H and O–H groups in total. The molecule has 7 heterocycles. The summed E-state index contributed by atoms with van der Waals surface area (Å²) in [6, 6.07) is -13.2. The molecule has 100 heavy (non-hydrogen) atoms. The first-order valence-corrected chi connectivity index (χ1v) is 31.7. The molecule has 7 amide bonds. The number of rotatable bonds is 26. The average Bonchev–Trinajstić information content (AvgIpc) is 0.735. The molecule has 0 bridgehead atoms. The van der Waals surface area contributed by atoms with Gasteiger partial charge in [-0.25, -0.2) is 0 Å². The molecule has 1 unspecified atom stereocenters. The first kappa shape index (κ1) is 82.4. The predicted molar refractivity (Wildman–Crippen MR) is 314 cm³/mol. The van der Waals surface area contributed by atoms with Gasteiger partial charge >= 0.3 is 5.97 Å². The highest BCUT2D eigenvalue weighted by Gasteiger charge is 2.65. The van der Waals surface area contributed by atoms with Crippen LogP contribution in [0.3, 0.4) is 0 Å². The van der Waals surface area contributed by atoms with E-state index in [0.717, 1.165) is 48.5 Å². The van der Waals surface area contributed by atoms with E-state index < -0.39 is 302 Å². The van der Waals surface area contributed by atoms with Crippen molar-refractivity contribution >= 4 is 41.4 Å². The van der Waals surface area contributed by atoms with Crippen molar-refractivity contribution in [3.05, 3.63) is 0 Å². The van der Waals surface area contributed by atoms with Gasteiger partial charge in [-0.2, -0.15) is 0 Å². The SMILES string of the molecule is CC(=O)N[C@@H]1[C@@H](O)[C@H](OC2(O[C@H]3[C@H](O)[C@@H](NC(C)=O)[C@@H](O)O[C@@H]3CO)O[C@H](CO)[C@@H](O[C@@H]3O[C@H](CO)[C@@H](O[C@@H]4O[C@H](CO)[C@@H](O[C@@H]5O[C@H](CO)[C@@H](O[C@@H]6O[C@H](CO)[C@@H](O)[C@H](O)[C@H]6NC(C)=O)[C@H](O)[C@H]5NC(C)=O)[C@H](O)[C@H]4NC(C)=O)[C@H](O)[C@H]3NC(C)=O)[C@H](O)[C@H]2NC(C)=O)[C@@H](CO)O[C@H]1O. The van der Waals surface area contributed by atoms with E-state index in [1.807, 2.05) is 0 Å². The second-order valence-corrected chi connectivity index (χ2v) is 24.9. The van der Waals surface area contributed by atoms with Gasteiger partial charge in [0, 0.05) is 48.5 Å². The molecule has 7 fully saturated rings. The highest BCUT2D eigenvalue weighted by Crippen LogP contribution is 2.43. The second kappa shape index (κ2) is 35.7. The summed E-state index contributed by atoms with van der Waals surface area (Å²) in [6.07, 6.45) is -54.0. The maximum Gasteiger partial charge on any atom is 0.308 e. The Bertz CT molecular complexity index is 2690. The van der Waals surface area contributed by atoms with E-state index in [1.54, 1.807) is 0 Å². The Labute approximate surface area is 568 Å². The number of carbonyl (C=O) groups excluding carboxylic acids is 7. The van der Waals surface area contributed by atoms with Crippen LogP contribution in [0.1, 0.15) is 48.5 Å². The summed E-state index contributed by atoms with van der Waals surface area (Å²) in [5, 5.41) is 207. The molecule has 0 aromatic heterocycles. The third-order valence-electron chi connectivity index (χ3n) is 17.4. The fourth-order valence-corrected chi connectivity index (χ4v) is 12.9. The third-order valence-corrected chi connectivity index (χ3v) is 17.4. The maximum absolute atomic E-state index is 13.4. The molecule has 0 aromatic carbocycles. The summed E-state index contributed by atoms with van der Waals surface area (Å²) in [6.45, 7) is -0.989. The standard InChI is InChI=1S/C56H93N7O37/c1-15(71)57-29-37(80)47(26(12-68)88-50(29)86)99-56(100-48-27(13-69)89-51(87)30(38(48)81)58-16(2)72)49(63-21(7)77)42(85)46(28(14-70)98-56)97-55-34(62-20(6)76)41(84)45(25(11-67)93-55)96-54-33(61-19(5)75)40(83)44(24(10-66)92-54)95-53-32(60-18(4)74)39(82)43(23(9-65)91-53)94-52-31(59-17(3)73)36(79)35(78)22(8-64)90-52/h22-55,64-70,78-87H,8-14H2,1-7H3,(H,57,71)(H,58,72)(H,59,73)(H,60,74)(H,61,75)(H,62,76)(H,63,77)/t22-,23-,24-,25-,26-,27-,28-,29-,30-,31-,32-,33-,34-,35-,36-,37-,38-,39-,40-,41-,42+,43-,44-,45-,46-,47-,48-,49-,50-,51+,52+,53+,54+,55+,56?/m1/s1. The van der Waals surface area contributed by atoms with Crippen molar-refractivity contribution in [1.29, 1.82) is 0 Å². The van der Waals surface area contributed by atoms with Crippen LogP contribution in [0.5, 0.6) is 0 Å². The summed E-state index contributed by atoms with van der Waals surface area (Å²) in [4.78, 5) is 89.1. The van der Waals surface area contributed by atoms with E-state index in [1.165, 1.54) is 0 Å². The van der Waals surface area contributed by atoms with Gasteiger partial charge in [-0.15, -0.1) is 0 Å². The van der Waals surface area contributed by atoms with E-state index in [9.17, 15) is 120 Å². The van der Waals surface area contributed by atoms with Crippen molar-refractivity contribution in [2.75, 3.05) is 46.2 Å². The number of hydrogen-bond acceptors (Lipinski definition) is 37. The van der Waals surface area contributed by atoms with Gasteiger partial charge in [-0.05, 0) is 0 Å². The minimum atomic E-state index is -3.37. The van der Waals surface area contributed by atoms with Crippen LogP contribution in [0.25, 0.3) is 0 Å². The molecule has 574 valence electrons. The molecule has 0 aromatic rings. The molecular weight excluding hydrogens is 1360 g/mol. The van der Waals surface area contributed by atoms with Crippen molar-refractivity contribution in [3.63, 3.8) is 0 Å². The molecule has 0 spiro atoms. The predicted octanol–water partition coefficient (Wildman–Crippen LogP) is -15.9. The Kier molecular flexibility index (Phi) is 29.4. The van der Waals surface area contributed by atoms with Gasteiger partial charge in [-0.1, -0.05) is 0 Å². The summed E-state index contributed by atoms with van der Waals surface area (Å²) >= 11 is 0. The maximum atomic E-state index is 13.4. The third kappa shape index (κ3) is 18.6.